The van der Waals surface area contributed by atoms with Crippen molar-refractivity contribution in [3.05, 3.63) is 0 Å². The number of amides is 1. The molecule has 2 N–H and O–H groups in total. The highest BCUT2D eigenvalue weighted by atomic mass is 19.1. The Bertz CT molecular complexity index is 301. The van der Waals surface area contributed by atoms with E-state index < -0.39 is 5.67 Å². The fourth-order valence-corrected chi connectivity index (χ4v) is 2.97. The van der Waals surface area contributed by atoms with Gasteiger partial charge >= 0.3 is 0 Å². The van der Waals surface area contributed by atoms with E-state index in [4.69, 9.17) is 5.73 Å². The zero-order chi connectivity index (χ0) is 12.7. The standard InChI is InChI=1S/C13H23FN2O/c1-12(2,14)13(5-3-6-13)7-4-11(17)16-8-10(15)9-16/h10H,3-9,15H2,1-2H3. The molecule has 1 saturated heterocycles. The largest absolute Gasteiger partial charge is 0.339 e. The molecular weight excluding hydrogens is 219 g/mol. The molecule has 0 bridgehead atoms. The zero-order valence-electron chi connectivity index (χ0n) is 10.8. The third kappa shape index (κ3) is 2.32. The molecule has 0 radical (unpaired) electrons. The molecule has 0 spiro atoms. The van der Waals surface area contributed by atoms with Gasteiger partial charge in [0.2, 0.25) is 5.91 Å². The minimum absolute atomic E-state index is 0.141. The van der Waals surface area contributed by atoms with E-state index in [2.05, 4.69) is 0 Å². The molecule has 0 aromatic carbocycles. The van der Waals surface area contributed by atoms with Crippen LogP contribution in [0.4, 0.5) is 4.39 Å². The van der Waals surface area contributed by atoms with Crippen LogP contribution in [0.25, 0.3) is 0 Å². The molecule has 0 atom stereocenters. The van der Waals surface area contributed by atoms with E-state index in [1.54, 1.807) is 18.7 Å². The van der Waals surface area contributed by atoms with Crippen molar-refractivity contribution in [3.8, 4) is 0 Å². The maximum atomic E-state index is 14.2. The van der Waals surface area contributed by atoms with Gasteiger partial charge in [0.15, 0.2) is 0 Å². The van der Waals surface area contributed by atoms with E-state index >= 15 is 0 Å². The molecule has 1 aliphatic carbocycles. The number of nitrogens with zero attached hydrogens (tertiary/aromatic N) is 1. The lowest BCUT2D eigenvalue weighted by Crippen LogP contribution is -2.58. The summed E-state index contributed by atoms with van der Waals surface area (Å²) in [6.45, 7) is 4.64. The molecule has 1 aliphatic heterocycles. The highest BCUT2D eigenvalue weighted by molar-refractivity contribution is 5.77. The lowest BCUT2D eigenvalue weighted by Gasteiger charge is -2.49. The minimum Gasteiger partial charge on any atom is -0.339 e. The highest BCUT2D eigenvalue weighted by Gasteiger charge is 2.49. The van der Waals surface area contributed by atoms with Crippen molar-refractivity contribution in [2.24, 2.45) is 11.1 Å². The van der Waals surface area contributed by atoms with Gasteiger partial charge in [-0.15, -0.1) is 0 Å². The number of hydrogen-bond donors (Lipinski definition) is 1. The van der Waals surface area contributed by atoms with Gasteiger partial charge in [-0.2, -0.15) is 0 Å². The second-order valence-electron chi connectivity index (χ2n) is 6.17. The lowest BCUT2D eigenvalue weighted by molar-refractivity contribution is -0.138. The Morgan fingerprint density at radius 2 is 2.06 bits per heavy atom. The molecule has 3 nitrogen and oxygen atoms in total. The van der Waals surface area contributed by atoms with E-state index in [-0.39, 0.29) is 17.4 Å². The van der Waals surface area contributed by atoms with Crippen LogP contribution in [0.1, 0.15) is 46.0 Å². The summed E-state index contributed by atoms with van der Waals surface area (Å²) < 4.78 is 14.2. The second-order valence-corrected chi connectivity index (χ2v) is 6.17. The molecule has 2 fully saturated rings. The Hall–Kier alpha value is -0.640. The average molecular weight is 242 g/mol. The van der Waals surface area contributed by atoms with Gasteiger partial charge < -0.3 is 10.6 Å². The number of alkyl halides is 1. The first kappa shape index (κ1) is 12.8. The quantitative estimate of drug-likeness (QED) is 0.818. The van der Waals surface area contributed by atoms with Gasteiger partial charge in [0.05, 0.1) is 0 Å². The van der Waals surface area contributed by atoms with Gasteiger partial charge in [-0.3, -0.25) is 4.79 Å². The van der Waals surface area contributed by atoms with Crippen LogP contribution in [-0.4, -0.2) is 35.6 Å². The lowest BCUT2D eigenvalue weighted by atomic mass is 9.58. The molecule has 2 rings (SSSR count). The van der Waals surface area contributed by atoms with Gasteiger partial charge in [-0.1, -0.05) is 6.42 Å². The van der Waals surface area contributed by atoms with Crippen LogP contribution < -0.4 is 5.73 Å². The zero-order valence-corrected chi connectivity index (χ0v) is 10.8. The third-order valence-corrected chi connectivity index (χ3v) is 4.65. The number of carbonyl (C=O) groups is 1. The van der Waals surface area contributed by atoms with Gasteiger partial charge in [-0.05, 0) is 33.1 Å². The molecule has 2 aliphatic rings. The number of hydrogen-bond acceptors (Lipinski definition) is 2. The number of nitrogens with two attached hydrogens (primary N) is 1. The van der Waals surface area contributed by atoms with Crippen molar-refractivity contribution < 1.29 is 9.18 Å². The number of halogens is 1. The summed E-state index contributed by atoms with van der Waals surface area (Å²) in [5.74, 6) is 0.141. The predicted octanol–water partition coefficient (Wildman–Crippen LogP) is 1.85. The summed E-state index contributed by atoms with van der Waals surface area (Å²) in [6, 6.07) is 0.147. The van der Waals surface area contributed by atoms with Gasteiger partial charge in [0.25, 0.3) is 0 Å². The Morgan fingerprint density at radius 1 is 1.47 bits per heavy atom. The molecular formula is C13H23FN2O. The Balaban J connectivity index is 1.83. The summed E-state index contributed by atoms with van der Waals surface area (Å²) in [6.07, 6.45) is 4.09. The van der Waals surface area contributed by atoms with Gasteiger partial charge in [0.1, 0.15) is 5.67 Å². The molecule has 0 aromatic heterocycles. The molecule has 17 heavy (non-hydrogen) atoms. The predicted molar refractivity (Wildman–Crippen MR) is 65.3 cm³/mol. The van der Waals surface area contributed by atoms with Crippen LogP contribution in [0.3, 0.4) is 0 Å². The van der Waals surface area contributed by atoms with Crippen molar-refractivity contribution >= 4 is 5.91 Å². The third-order valence-electron chi connectivity index (χ3n) is 4.65. The van der Waals surface area contributed by atoms with Crippen LogP contribution in [0.15, 0.2) is 0 Å². The first-order valence-electron chi connectivity index (χ1n) is 6.56. The summed E-state index contributed by atoms with van der Waals surface area (Å²) in [5, 5.41) is 0. The monoisotopic (exact) mass is 242 g/mol. The Morgan fingerprint density at radius 3 is 2.41 bits per heavy atom. The summed E-state index contributed by atoms with van der Waals surface area (Å²) in [7, 11) is 0. The van der Waals surface area contributed by atoms with Crippen LogP contribution in [0.2, 0.25) is 0 Å². The van der Waals surface area contributed by atoms with E-state index in [1.165, 1.54) is 0 Å². The second kappa shape index (κ2) is 4.23. The van der Waals surface area contributed by atoms with Gasteiger partial charge in [-0.25, -0.2) is 4.39 Å². The first-order chi connectivity index (χ1) is 7.84. The maximum absolute atomic E-state index is 14.2. The SMILES string of the molecule is CC(C)(F)C1(CCC(=O)N2CC(N)C2)CCC1. The smallest absolute Gasteiger partial charge is 0.222 e. The Labute approximate surface area is 103 Å². The van der Waals surface area contributed by atoms with E-state index in [9.17, 15) is 9.18 Å². The van der Waals surface area contributed by atoms with Crippen molar-refractivity contribution in [1.29, 1.82) is 0 Å². The minimum atomic E-state index is -1.17. The molecule has 0 aromatic rings. The van der Waals surface area contributed by atoms with Crippen LogP contribution in [-0.2, 0) is 4.79 Å². The summed E-state index contributed by atoms with van der Waals surface area (Å²) in [4.78, 5) is 13.6. The van der Waals surface area contributed by atoms with E-state index in [1.807, 2.05) is 0 Å². The van der Waals surface area contributed by atoms with Crippen molar-refractivity contribution in [1.82, 2.24) is 4.90 Å². The Kier molecular flexibility index (Phi) is 3.19. The van der Waals surface area contributed by atoms with Gasteiger partial charge in [0, 0.05) is 31.0 Å². The van der Waals surface area contributed by atoms with Crippen molar-refractivity contribution in [3.63, 3.8) is 0 Å². The highest BCUT2D eigenvalue weighted by Crippen LogP contribution is 2.54. The van der Waals surface area contributed by atoms with Crippen molar-refractivity contribution in [2.75, 3.05) is 13.1 Å². The molecule has 0 unspecified atom stereocenters. The average Bonchev–Trinajstić information content (AvgIpc) is 2.08. The number of carbonyl (C=O) groups excluding carboxylic acids is 1. The van der Waals surface area contributed by atoms with Crippen LogP contribution in [0, 0.1) is 5.41 Å². The van der Waals surface area contributed by atoms with E-state index in [0.717, 1.165) is 19.3 Å². The number of likely N-dealkylation sites (tertiary alicyclic amines) is 1. The first-order valence-corrected chi connectivity index (χ1v) is 6.56. The normalized spacial score (nSPS) is 24.1. The number of rotatable bonds is 4. The fraction of sp³-hybridized carbons (Fsp3) is 0.923. The molecule has 98 valence electrons. The maximum Gasteiger partial charge on any atom is 0.222 e. The molecule has 1 heterocycles. The topological polar surface area (TPSA) is 46.3 Å². The van der Waals surface area contributed by atoms with Crippen molar-refractivity contribution in [2.45, 2.75) is 57.7 Å². The summed E-state index contributed by atoms with van der Waals surface area (Å²) >= 11 is 0. The molecule has 4 heteroatoms. The fourth-order valence-electron chi connectivity index (χ4n) is 2.97. The van der Waals surface area contributed by atoms with Crippen LogP contribution >= 0.6 is 0 Å². The van der Waals surface area contributed by atoms with Crippen LogP contribution in [0.5, 0.6) is 0 Å². The summed E-state index contributed by atoms with van der Waals surface area (Å²) in [5.41, 5.74) is 4.22. The molecule has 1 amide bonds. The van der Waals surface area contributed by atoms with E-state index in [0.29, 0.717) is 25.9 Å². The molecule has 1 saturated carbocycles.